The van der Waals surface area contributed by atoms with Gasteiger partial charge in [0.2, 0.25) is 5.91 Å². The summed E-state index contributed by atoms with van der Waals surface area (Å²) in [6.07, 6.45) is 2.05. The van der Waals surface area contributed by atoms with Crippen molar-refractivity contribution >= 4 is 23.4 Å². The molecule has 19 heavy (non-hydrogen) atoms. The van der Waals surface area contributed by atoms with Crippen LogP contribution in [0.1, 0.15) is 29.4 Å². The maximum Gasteiger partial charge on any atom is 0.257 e. The average molecular weight is 282 g/mol. The number of aryl methyl sites for hydroxylation is 1. The first kappa shape index (κ1) is 13.8. The number of nitrogens with zero attached hydrogens (tertiary/aromatic N) is 2. The second-order valence-electron chi connectivity index (χ2n) is 4.52. The van der Waals surface area contributed by atoms with Crippen molar-refractivity contribution in [3.05, 3.63) is 28.5 Å². The van der Waals surface area contributed by atoms with Gasteiger partial charge in [-0.05, 0) is 19.4 Å². The Kier molecular flexibility index (Phi) is 4.04. The molecule has 0 aromatic carbocycles. The molecule has 1 saturated heterocycles. The molecule has 1 aromatic heterocycles. The van der Waals surface area contributed by atoms with Crippen LogP contribution in [0.4, 0.5) is 0 Å². The van der Waals surface area contributed by atoms with Crippen molar-refractivity contribution in [3.8, 4) is 0 Å². The van der Waals surface area contributed by atoms with Crippen LogP contribution >= 0.6 is 11.6 Å². The standard InChI is InChI=1S/C13H16ClN3O2/c1-3-11-12(18)15-4-5-17(11)13(19)9-7-16-8(2)6-10(9)14/h6-7,11H,3-5H2,1-2H3,(H,15,18). The lowest BCUT2D eigenvalue weighted by atomic mass is 10.1. The molecule has 1 aliphatic heterocycles. The molecule has 5 nitrogen and oxygen atoms in total. The van der Waals surface area contributed by atoms with Gasteiger partial charge in [0.15, 0.2) is 0 Å². The minimum Gasteiger partial charge on any atom is -0.353 e. The minimum absolute atomic E-state index is 0.113. The fraction of sp³-hybridized carbons (Fsp3) is 0.462. The quantitative estimate of drug-likeness (QED) is 0.891. The third-order valence-corrected chi connectivity index (χ3v) is 3.51. The van der Waals surface area contributed by atoms with Gasteiger partial charge in [-0.25, -0.2) is 0 Å². The molecular formula is C13H16ClN3O2. The molecule has 0 aliphatic carbocycles. The zero-order valence-corrected chi connectivity index (χ0v) is 11.7. The smallest absolute Gasteiger partial charge is 0.257 e. The van der Waals surface area contributed by atoms with Gasteiger partial charge in [0, 0.05) is 25.0 Å². The van der Waals surface area contributed by atoms with E-state index in [1.54, 1.807) is 11.0 Å². The van der Waals surface area contributed by atoms with E-state index in [1.807, 2.05) is 13.8 Å². The van der Waals surface area contributed by atoms with E-state index >= 15 is 0 Å². The number of nitrogens with one attached hydrogen (secondary N) is 1. The van der Waals surface area contributed by atoms with Crippen LogP contribution in [0.2, 0.25) is 5.02 Å². The van der Waals surface area contributed by atoms with Gasteiger partial charge in [-0.2, -0.15) is 0 Å². The van der Waals surface area contributed by atoms with Gasteiger partial charge >= 0.3 is 0 Å². The van der Waals surface area contributed by atoms with Crippen LogP contribution < -0.4 is 5.32 Å². The summed E-state index contributed by atoms with van der Waals surface area (Å²) in [6.45, 7) is 4.65. The first-order valence-electron chi connectivity index (χ1n) is 6.25. The monoisotopic (exact) mass is 281 g/mol. The van der Waals surface area contributed by atoms with Gasteiger partial charge in [0.1, 0.15) is 6.04 Å². The molecule has 0 bridgehead atoms. The maximum atomic E-state index is 12.5. The molecule has 2 rings (SSSR count). The molecule has 6 heteroatoms. The van der Waals surface area contributed by atoms with Crippen LogP contribution in [0.25, 0.3) is 0 Å². The summed E-state index contributed by atoms with van der Waals surface area (Å²) in [5, 5.41) is 3.14. The number of carbonyl (C=O) groups is 2. The molecule has 2 heterocycles. The Morgan fingerprint density at radius 2 is 2.37 bits per heavy atom. The van der Waals surface area contributed by atoms with Gasteiger partial charge in [0.25, 0.3) is 5.91 Å². The van der Waals surface area contributed by atoms with Crippen molar-refractivity contribution in [1.29, 1.82) is 0 Å². The van der Waals surface area contributed by atoms with Crippen molar-refractivity contribution in [2.45, 2.75) is 26.3 Å². The van der Waals surface area contributed by atoms with Crippen molar-refractivity contribution < 1.29 is 9.59 Å². The Hall–Kier alpha value is -1.62. The van der Waals surface area contributed by atoms with E-state index < -0.39 is 6.04 Å². The van der Waals surface area contributed by atoms with Gasteiger partial charge in [-0.15, -0.1) is 0 Å². The lowest BCUT2D eigenvalue weighted by molar-refractivity contribution is -0.127. The van der Waals surface area contributed by atoms with Crippen LogP contribution in [0, 0.1) is 6.92 Å². The van der Waals surface area contributed by atoms with Gasteiger partial charge in [-0.1, -0.05) is 18.5 Å². The normalized spacial score (nSPS) is 19.2. The van der Waals surface area contributed by atoms with Crippen molar-refractivity contribution in [3.63, 3.8) is 0 Å². The number of rotatable bonds is 2. The number of amides is 2. The zero-order chi connectivity index (χ0) is 14.0. The molecule has 1 fully saturated rings. The van der Waals surface area contributed by atoms with E-state index in [9.17, 15) is 9.59 Å². The Bertz CT molecular complexity index is 519. The third-order valence-electron chi connectivity index (χ3n) is 3.20. The first-order valence-corrected chi connectivity index (χ1v) is 6.63. The summed E-state index contributed by atoms with van der Waals surface area (Å²) < 4.78 is 0. The molecule has 2 amide bonds. The number of hydrogen-bond donors (Lipinski definition) is 1. The van der Waals surface area contributed by atoms with E-state index in [2.05, 4.69) is 10.3 Å². The Morgan fingerprint density at radius 1 is 1.63 bits per heavy atom. The molecule has 1 atom stereocenters. The summed E-state index contributed by atoms with van der Waals surface area (Å²) in [5.41, 5.74) is 1.10. The fourth-order valence-electron chi connectivity index (χ4n) is 2.20. The summed E-state index contributed by atoms with van der Waals surface area (Å²) in [7, 11) is 0. The highest BCUT2D eigenvalue weighted by Crippen LogP contribution is 2.20. The number of piperazine rings is 1. The molecule has 0 spiro atoms. The van der Waals surface area contributed by atoms with Crippen LogP contribution in [0.5, 0.6) is 0 Å². The number of carbonyl (C=O) groups excluding carboxylic acids is 2. The van der Waals surface area contributed by atoms with Gasteiger partial charge < -0.3 is 10.2 Å². The van der Waals surface area contributed by atoms with Crippen molar-refractivity contribution in [1.82, 2.24) is 15.2 Å². The third kappa shape index (κ3) is 2.71. The van der Waals surface area contributed by atoms with Crippen LogP contribution in [-0.2, 0) is 4.79 Å². The summed E-state index contributed by atoms with van der Waals surface area (Å²) >= 11 is 6.08. The van der Waals surface area contributed by atoms with Gasteiger partial charge in [0.05, 0.1) is 10.6 Å². The van der Waals surface area contributed by atoms with E-state index in [0.717, 1.165) is 5.69 Å². The van der Waals surface area contributed by atoms with Crippen LogP contribution in [-0.4, -0.2) is 40.8 Å². The highest BCUT2D eigenvalue weighted by Gasteiger charge is 2.32. The number of hydrogen-bond acceptors (Lipinski definition) is 3. The van der Waals surface area contributed by atoms with Crippen LogP contribution in [0.15, 0.2) is 12.3 Å². The Labute approximate surface area is 117 Å². The molecule has 1 unspecified atom stereocenters. The van der Waals surface area contributed by atoms with Gasteiger partial charge in [-0.3, -0.25) is 14.6 Å². The van der Waals surface area contributed by atoms with E-state index in [4.69, 9.17) is 11.6 Å². The molecule has 1 N–H and O–H groups in total. The molecule has 0 radical (unpaired) electrons. The lowest BCUT2D eigenvalue weighted by Gasteiger charge is -2.34. The lowest BCUT2D eigenvalue weighted by Crippen LogP contribution is -2.56. The molecular weight excluding hydrogens is 266 g/mol. The zero-order valence-electron chi connectivity index (χ0n) is 10.9. The second-order valence-corrected chi connectivity index (χ2v) is 4.93. The highest BCUT2D eigenvalue weighted by atomic mass is 35.5. The van der Waals surface area contributed by atoms with Crippen molar-refractivity contribution in [2.75, 3.05) is 13.1 Å². The molecule has 1 aromatic rings. The van der Waals surface area contributed by atoms with E-state index in [1.165, 1.54) is 6.20 Å². The number of pyridine rings is 1. The fourth-order valence-corrected chi connectivity index (χ4v) is 2.49. The molecule has 1 aliphatic rings. The minimum atomic E-state index is -0.432. The van der Waals surface area contributed by atoms with E-state index in [0.29, 0.717) is 30.1 Å². The Balaban J connectivity index is 2.29. The van der Waals surface area contributed by atoms with Crippen LogP contribution in [0.3, 0.4) is 0 Å². The summed E-state index contributed by atoms with van der Waals surface area (Å²) in [5.74, 6) is -0.350. The number of aromatic nitrogens is 1. The average Bonchev–Trinajstić information content (AvgIpc) is 2.37. The van der Waals surface area contributed by atoms with Crippen molar-refractivity contribution in [2.24, 2.45) is 0 Å². The van der Waals surface area contributed by atoms with E-state index in [-0.39, 0.29) is 11.8 Å². The highest BCUT2D eigenvalue weighted by molar-refractivity contribution is 6.33. The first-order chi connectivity index (χ1) is 9.04. The second kappa shape index (κ2) is 5.57. The summed E-state index contributed by atoms with van der Waals surface area (Å²) in [4.78, 5) is 29.9. The Morgan fingerprint density at radius 3 is 3.00 bits per heavy atom. The molecule has 102 valence electrons. The largest absolute Gasteiger partial charge is 0.353 e. The number of halogens is 1. The topological polar surface area (TPSA) is 62.3 Å². The maximum absolute atomic E-state index is 12.5. The SMILES string of the molecule is CCC1C(=O)NCCN1C(=O)c1cnc(C)cc1Cl. The summed E-state index contributed by atoms with van der Waals surface area (Å²) in [6, 6.07) is 1.22. The predicted molar refractivity (Wildman–Crippen MR) is 72.1 cm³/mol. The predicted octanol–water partition coefficient (Wildman–Crippen LogP) is 1.39. The molecule has 0 saturated carbocycles.